The maximum atomic E-state index is 11.9. The number of sulfonamides is 1. The van der Waals surface area contributed by atoms with Crippen LogP contribution in [-0.2, 0) is 23.0 Å². The van der Waals surface area contributed by atoms with Gasteiger partial charge in [0.15, 0.2) is 0 Å². The van der Waals surface area contributed by atoms with Gasteiger partial charge < -0.3 is 4.74 Å². The maximum Gasteiger partial charge on any atom is 0.266 e. The molecule has 0 aliphatic carbocycles. The fraction of sp³-hybridized carbons (Fsp3) is 0.375. The van der Waals surface area contributed by atoms with E-state index in [-0.39, 0.29) is 31.0 Å². The van der Waals surface area contributed by atoms with Gasteiger partial charge in [0.2, 0.25) is 10.0 Å². The van der Waals surface area contributed by atoms with E-state index in [2.05, 4.69) is 16.7 Å². The highest BCUT2D eigenvalue weighted by atomic mass is 32.2. The minimum Gasteiger partial charge on any atom is -0.492 e. The molecule has 24 heavy (non-hydrogen) atoms. The second-order valence-corrected chi connectivity index (χ2v) is 7.07. The smallest absolute Gasteiger partial charge is 0.266 e. The molecule has 1 N–H and O–H groups in total. The van der Waals surface area contributed by atoms with Crippen molar-refractivity contribution >= 4 is 10.0 Å². The molecule has 1 aromatic heterocycles. The molecule has 0 aliphatic heterocycles. The molecule has 7 nitrogen and oxygen atoms in total. The number of hydrogen-bond donors (Lipinski definition) is 1. The molecule has 2 rings (SSSR count). The molecule has 0 radical (unpaired) electrons. The van der Waals surface area contributed by atoms with Crippen LogP contribution >= 0.6 is 0 Å². The highest BCUT2D eigenvalue weighted by Crippen LogP contribution is 2.12. The summed E-state index contributed by atoms with van der Waals surface area (Å²) in [4.78, 5) is 11.5. The monoisotopic (exact) mass is 351 g/mol. The van der Waals surface area contributed by atoms with Crippen molar-refractivity contribution in [1.29, 1.82) is 0 Å². The van der Waals surface area contributed by atoms with Gasteiger partial charge in [-0.2, -0.15) is 5.10 Å². The van der Waals surface area contributed by atoms with E-state index in [1.807, 2.05) is 24.3 Å². The first-order valence-corrected chi connectivity index (χ1v) is 9.36. The summed E-state index contributed by atoms with van der Waals surface area (Å²) in [5.41, 5.74) is 0.928. The highest BCUT2D eigenvalue weighted by molar-refractivity contribution is 7.89. The SMILES string of the molecule is CCc1ccc(OCCS(=O)(=O)NCCn2ncccc2=O)cc1. The van der Waals surface area contributed by atoms with E-state index >= 15 is 0 Å². The van der Waals surface area contributed by atoms with Crippen molar-refractivity contribution in [3.05, 3.63) is 58.5 Å². The van der Waals surface area contributed by atoms with Crippen molar-refractivity contribution in [1.82, 2.24) is 14.5 Å². The molecule has 0 aliphatic rings. The summed E-state index contributed by atoms with van der Waals surface area (Å²) < 4.78 is 32.9. The molecule has 0 spiro atoms. The van der Waals surface area contributed by atoms with Crippen LogP contribution < -0.4 is 15.0 Å². The molecular weight excluding hydrogens is 330 g/mol. The molecule has 1 aromatic carbocycles. The van der Waals surface area contributed by atoms with E-state index in [0.29, 0.717) is 5.75 Å². The second kappa shape index (κ2) is 8.60. The highest BCUT2D eigenvalue weighted by Gasteiger charge is 2.10. The fourth-order valence-electron chi connectivity index (χ4n) is 2.03. The molecule has 8 heteroatoms. The van der Waals surface area contributed by atoms with Gasteiger partial charge in [-0.05, 0) is 30.2 Å². The van der Waals surface area contributed by atoms with Crippen molar-refractivity contribution < 1.29 is 13.2 Å². The van der Waals surface area contributed by atoms with Crippen LogP contribution in [0.2, 0.25) is 0 Å². The Bertz CT molecular complexity index is 801. The molecule has 2 aromatic rings. The number of benzene rings is 1. The predicted octanol–water partition coefficient (Wildman–Crippen LogP) is 0.804. The van der Waals surface area contributed by atoms with E-state index < -0.39 is 10.0 Å². The minimum absolute atomic E-state index is 0.0599. The first-order chi connectivity index (χ1) is 11.5. The van der Waals surface area contributed by atoms with Crippen molar-refractivity contribution in [2.45, 2.75) is 19.9 Å². The number of aromatic nitrogens is 2. The van der Waals surface area contributed by atoms with Gasteiger partial charge in [-0.25, -0.2) is 17.8 Å². The number of nitrogens with zero attached hydrogens (tertiary/aromatic N) is 2. The van der Waals surface area contributed by atoms with Crippen LogP contribution in [-0.4, -0.2) is 37.1 Å². The summed E-state index contributed by atoms with van der Waals surface area (Å²) in [6.07, 6.45) is 2.42. The largest absolute Gasteiger partial charge is 0.492 e. The molecule has 0 saturated carbocycles. The Labute approximate surface area is 141 Å². The van der Waals surface area contributed by atoms with E-state index in [0.717, 1.165) is 6.42 Å². The summed E-state index contributed by atoms with van der Waals surface area (Å²) in [5.74, 6) is 0.488. The lowest BCUT2D eigenvalue weighted by Crippen LogP contribution is -2.34. The molecule has 0 bridgehead atoms. The molecule has 0 saturated heterocycles. The zero-order chi connectivity index (χ0) is 17.4. The fourth-order valence-corrected chi connectivity index (χ4v) is 2.87. The zero-order valence-corrected chi connectivity index (χ0v) is 14.3. The Morgan fingerprint density at radius 3 is 2.62 bits per heavy atom. The summed E-state index contributed by atoms with van der Waals surface area (Å²) in [5, 5.41) is 3.86. The lowest BCUT2D eigenvalue weighted by atomic mass is 10.2. The normalized spacial score (nSPS) is 11.4. The van der Waals surface area contributed by atoms with Crippen molar-refractivity contribution in [2.24, 2.45) is 0 Å². The average molecular weight is 351 g/mol. The standard InChI is InChI=1S/C16H21N3O4S/c1-2-14-5-7-15(8-6-14)23-12-13-24(21,22)18-10-11-19-16(20)4-3-9-17-19/h3-9,18H,2,10-13H2,1H3. The topological polar surface area (TPSA) is 90.3 Å². The molecule has 0 fully saturated rings. The van der Waals surface area contributed by atoms with Crippen LogP contribution in [0.4, 0.5) is 0 Å². The van der Waals surface area contributed by atoms with Crippen molar-refractivity contribution in [2.75, 3.05) is 18.9 Å². The average Bonchev–Trinajstić information content (AvgIpc) is 2.57. The predicted molar refractivity (Wildman–Crippen MR) is 91.6 cm³/mol. The van der Waals surface area contributed by atoms with E-state index in [1.54, 1.807) is 0 Å². The Kier molecular flexibility index (Phi) is 6.51. The Hall–Kier alpha value is -2.19. The van der Waals surface area contributed by atoms with E-state index in [9.17, 15) is 13.2 Å². The Morgan fingerprint density at radius 2 is 1.96 bits per heavy atom. The number of rotatable bonds is 9. The minimum atomic E-state index is -3.47. The van der Waals surface area contributed by atoms with Crippen LogP contribution in [0.3, 0.4) is 0 Å². The van der Waals surface area contributed by atoms with Gasteiger partial charge >= 0.3 is 0 Å². The third-order valence-electron chi connectivity index (χ3n) is 3.38. The number of aryl methyl sites for hydroxylation is 1. The molecule has 1 heterocycles. The first kappa shape index (κ1) is 18.2. The van der Waals surface area contributed by atoms with Gasteiger partial charge in [0.1, 0.15) is 12.4 Å². The van der Waals surface area contributed by atoms with E-state index in [4.69, 9.17) is 4.74 Å². The lowest BCUT2D eigenvalue weighted by Gasteiger charge is -2.09. The Balaban J connectivity index is 1.74. The quantitative estimate of drug-likeness (QED) is 0.722. The maximum absolute atomic E-state index is 11.9. The van der Waals surface area contributed by atoms with Crippen LogP contribution in [0.15, 0.2) is 47.4 Å². The molecule has 0 atom stereocenters. The first-order valence-electron chi connectivity index (χ1n) is 7.71. The summed E-state index contributed by atoms with van der Waals surface area (Å²) >= 11 is 0. The van der Waals surface area contributed by atoms with Gasteiger partial charge in [-0.3, -0.25) is 4.79 Å². The molecular formula is C16H21N3O4S. The third-order valence-corrected chi connectivity index (χ3v) is 4.73. The van der Waals surface area contributed by atoms with Crippen LogP contribution in [0.1, 0.15) is 12.5 Å². The summed E-state index contributed by atoms with van der Waals surface area (Å²) in [7, 11) is -3.47. The van der Waals surface area contributed by atoms with Crippen LogP contribution in [0.25, 0.3) is 0 Å². The molecule has 0 unspecified atom stereocenters. The van der Waals surface area contributed by atoms with Gasteiger partial charge in [0, 0.05) is 18.8 Å². The van der Waals surface area contributed by atoms with Crippen LogP contribution in [0.5, 0.6) is 5.75 Å². The number of hydrogen-bond acceptors (Lipinski definition) is 5. The van der Waals surface area contributed by atoms with Gasteiger partial charge in [0.05, 0.1) is 12.3 Å². The number of ether oxygens (including phenoxy) is 1. The van der Waals surface area contributed by atoms with Crippen LogP contribution in [0, 0.1) is 0 Å². The third kappa shape index (κ3) is 5.78. The zero-order valence-electron chi connectivity index (χ0n) is 13.5. The Morgan fingerprint density at radius 1 is 1.21 bits per heavy atom. The molecule has 0 amide bonds. The molecule has 130 valence electrons. The van der Waals surface area contributed by atoms with E-state index in [1.165, 1.54) is 28.6 Å². The van der Waals surface area contributed by atoms with Gasteiger partial charge in [0.25, 0.3) is 5.56 Å². The summed E-state index contributed by atoms with van der Waals surface area (Å²) in [6, 6.07) is 10.5. The summed E-state index contributed by atoms with van der Waals surface area (Å²) in [6.45, 7) is 2.40. The van der Waals surface area contributed by atoms with Crippen molar-refractivity contribution in [3.63, 3.8) is 0 Å². The lowest BCUT2D eigenvalue weighted by molar-refractivity contribution is 0.340. The van der Waals surface area contributed by atoms with Gasteiger partial charge in [-0.1, -0.05) is 19.1 Å². The van der Waals surface area contributed by atoms with Gasteiger partial charge in [-0.15, -0.1) is 0 Å². The number of nitrogens with one attached hydrogen (secondary N) is 1. The van der Waals surface area contributed by atoms with Crippen molar-refractivity contribution in [3.8, 4) is 5.75 Å². The second-order valence-electron chi connectivity index (χ2n) is 5.14.